The molecule has 0 saturated heterocycles. The lowest BCUT2D eigenvalue weighted by Gasteiger charge is -2.17. The number of aryl methyl sites for hydroxylation is 2. The maximum Gasteiger partial charge on any atom is 0.251 e. The summed E-state index contributed by atoms with van der Waals surface area (Å²) in [6.45, 7) is 4.90. The molecule has 13 heavy (non-hydrogen) atoms. The summed E-state index contributed by atoms with van der Waals surface area (Å²) in [7, 11) is 0. The van der Waals surface area contributed by atoms with Gasteiger partial charge in [-0.1, -0.05) is 6.07 Å². The van der Waals surface area contributed by atoms with Gasteiger partial charge in [0.05, 0.1) is 0 Å². The van der Waals surface area contributed by atoms with Crippen molar-refractivity contribution in [2.24, 2.45) is 0 Å². The van der Waals surface area contributed by atoms with Crippen molar-refractivity contribution in [3.63, 3.8) is 0 Å². The molecule has 0 saturated carbocycles. The summed E-state index contributed by atoms with van der Waals surface area (Å²) < 4.78 is 0. The van der Waals surface area contributed by atoms with E-state index in [4.69, 9.17) is 0 Å². The van der Waals surface area contributed by atoms with Crippen LogP contribution in [-0.2, 0) is 6.42 Å². The van der Waals surface area contributed by atoms with Crippen LogP contribution in [0.2, 0.25) is 0 Å². The standard InChI is InChI=1S/C11H13NO/c1-7-5-9-3-4-12-11(13)10(9)6-8(7)2/h5-6H,3-4H2,1-2H3,(H,12,13). The van der Waals surface area contributed by atoms with Gasteiger partial charge < -0.3 is 5.32 Å². The molecule has 0 fully saturated rings. The highest BCUT2D eigenvalue weighted by Gasteiger charge is 2.16. The van der Waals surface area contributed by atoms with Crippen LogP contribution in [-0.4, -0.2) is 12.5 Å². The fraction of sp³-hybridized carbons (Fsp3) is 0.364. The minimum absolute atomic E-state index is 0.0735. The smallest absolute Gasteiger partial charge is 0.251 e. The van der Waals surface area contributed by atoms with Crippen LogP contribution in [0.25, 0.3) is 0 Å². The van der Waals surface area contributed by atoms with Crippen molar-refractivity contribution in [1.29, 1.82) is 0 Å². The average molecular weight is 175 g/mol. The van der Waals surface area contributed by atoms with Crippen molar-refractivity contribution in [3.8, 4) is 0 Å². The first-order chi connectivity index (χ1) is 6.18. The summed E-state index contributed by atoms with van der Waals surface area (Å²) in [6.07, 6.45) is 0.961. The molecule has 0 aromatic heterocycles. The van der Waals surface area contributed by atoms with Crippen molar-refractivity contribution < 1.29 is 4.79 Å². The molecule has 2 nitrogen and oxygen atoms in total. The SMILES string of the molecule is Cc1cc2c(cc1C)C(=O)NCC2. The second-order valence-electron chi connectivity index (χ2n) is 3.60. The maximum atomic E-state index is 11.4. The summed E-state index contributed by atoms with van der Waals surface area (Å²) in [6, 6.07) is 4.11. The number of fused-ring (bicyclic) bond motifs is 1. The fourth-order valence-corrected chi connectivity index (χ4v) is 1.70. The Kier molecular flexibility index (Phi) is 1.83. The molecule has 1 heterocycles. The maximum absolute atomic E-state index is 11.4. The molecule has 1 amide bonds. The van der Waals surface area contributed by atoms with Gasteiger partial charge in [0.15, 0.2) is 0 Å². The minimum Gasteiger partial charge on any atom is -0.352 e. The van der Waals surface area contributed by atoms with Crippen LogP contribution in [0.1, 0.15) is 27.0 Å². The van der Waals surface area contributed by atoms with E-state index in [1.54, 1.807) is 0 Å². The monoisotopic (exact) mass is 175 g/mol. The van der Waals surface area contributed by atoms with Crippen molar-refractivity contribution in [3.05, 3.63) is 34.4 Å². The Labute approximate surface area is 78.0 Å². The molecule has 2 heteroatoms. The van der Waals surface area contributed by atoms with Gasteiger partial charge in [0.25, 0.3) is 5.91 Å². The molecular formula is C11H13NO. The minimum atomic E-state index is 0.0735. The normalized spacial score (nSPS) is 15.1. The molecule has 0 radical (unpaired) electrons. The average Bonchev–Trinajstić information content (AvgIpc) is 2.09. The van der Waals surface area contributed by atoms with E-state index >= 15 is 0 Å². The van der Waals surface area contributed by atoms with Crippen LogP contribution < -0.4 is 5.32 Å². The van der Waals surface area contributed by atoms with Crippen LogP contribution in [0.4, 0.5) is 0 Å². The molecule has 0 atom stereocenters. The lowest BCUT2D eigenvalue weighted by Crippen LogP contribution is -2.31. The third kappa shape index (κ3) is 1.32. The number of rotatable bonds is 0. The van der Waals surface area contributed by atoms with Crippen molar-refractivity contribution >= 4 is 5.91 Å². The number of benzene rings is 1. The Morgan fingerprint density at radius 3 is 2.69 bits per heavy atom. The van der Waals surface area contributed by atoms with Gasteiger partial charge in [-0.05, 0) is 43.0 Å². The highest BCUT2D eigenvalue weighted by molar-refractivity contribution is 5.97. The van der Waals surface area contributed by atoms with E-state index in [0.717, 1.165) is 18.5 Å². The molecule has 1 aliphatic rings. The van der Waals surface area contributed by atoms with Crippen LogP contribution in [0.15, 0.2) is 12.1 Å². The topological polar surface area (TPSA) is 29.1 Å². The highest BCUT2D eigenvalue weighted by atomic mass is 16.1. The summed E-state index contributed by atoms with van der Waals surface area (Å²) in [5.41, 5.74) is 4.51. The Morgan fingerprint density at radius 2 is 1.92 bits per heavy atom. The quantitative estimate of drug-likeness (QED) is 0.637. The number of amides is 1. The van der Waals surface area contributed by atoms with Gasteiger partial charge in [0.1, 0.15) is 0 Å². The van der Waals surface area contributed by atoms with Crippen molar-refractivity contribution in [1.82, 2.24) is 5.32 Å². The van der Waals surface area contributed by atoms with Crippen molar-refractivity contribution in [2.75, 3.05) is 6.54 Å². The molecule has 2 rings (SSSR count). The van der Waals surface area contributed by atoms with Gasteiger partial charge in [0, 0.05) is 12.1 Å². The van der Waals surface area contributed by atoms with E-state index in [1.807, 2.05) is 13.0 Å². The summed E-state index contributed by atoms with van der Waals surface area (Å²) >= 11 is 0. The first-order valence-corrected chi connectivity index (χ1v) is 4.57. The van der Waals surface area contributed by atoms with Crippen LogP contribution in [0.5, 0.6) is 0 Å². The van der Waals surface area contributed by atoms with Crippen LogP contribution in [0, 0.1) is 13.8 Å². The van der Waals surface area contributed by atoms with Crippen LogP contribution >= 0.6 is 0 Å². The molecule has 68 valence electrons. The van der Waals surface area contributed by atoms with Gasteiger partial charge >= 0.3 is 0 Å². The summed E-state index contributed by atoms with van der Waals surface area (Å²) in [5.74, 6) is 0.0735. The second kappa shape index (κ2) is 2.87. The van der Waals surface area contributed by atoms with E-state index in [2.05, 4.69) is 18.3 Å². The zero-order valence-corrected chi connectivity index (χ0v) is 7.98. The summed E-state index contributed by atoms with van der Waals surface area (Å²) in [5, 5.41) is 2.85. The number of carbonyl (C=O) groups excluding carboxylic acids is 1. The Bertz CT molecular complexity index is 369. The third-order valence-corrected chi connectivity index (χ3v) is 2.64. The Hall–Kier alpha value is -1.31. The fourth-order valence-electron chi connectivity index (χ4n) is 1.70. The number of hydrogen-bond donors (Lipinski definition) is 1. The van der Waals surface area contributed by atoms with Gasteiger partial charge in [-0.15, -0.1) is 0 Å². The highest BCUT2D eigenvalue weighted by Crippen LogP contribution is 2.18. The second-order valence-corrected chi connectivity index (χ2v) is 3.60. The first kappa shape index (κ1) is 8.30. The molecule has 0 aliphatic carbocycles. The van der Waals surface area contributed by atoms with E-state index < -0.39 is 0 Å². The lowest BCUT2D eigenvalue weighted by atomic mass is 9.95. The molecule has 0 spiro atoms. The van der Waals surface area contributed by atoms with E-state index in [0.29, 0.717) is 0 Å². The molecule has 1 aromatic carbocycles. The number of nitrogens with one attached hydrogen (secondary N) is 1. The van der Waals surface area contributed by atoms with Gasteiger partial charge in [-0.2, -0.15) is 0 Å². The van der Waals surface area contributed by atoms with Gasteiger partial charge in [0.2, 0.25) is 0 Å². The number of carbonyl (C=O) groups is 1. The largest absolute Gasteiger partial charge is 0.352 e. The van der Waals surface area contributed by atoms with Gasteiger partial charge in [-0.3, -0.25) is 4.79 Å². The zero-order valence-electron chi connectivity index (χ0n) is 7.98. The van der Waals surface area contributed by atoms with E-state index in [9.17, 15) is 4.79 Å². The molecule has 0 bridgehead atoms. The Morgan fingerprint density at radius 1 is 1.23 bits per heavy atom. The molecule has 0 unspecified atom stereocenters. The van der Waals surface area contributed by atoms with E-state index in [1.165, 1.54) is 16.7 Å². The first-order valence-electron chi connectivity index (χ1n) is 4.57. The van der Waals surface area contributed by atoms with E-state index in [-0.39, 0.29) is 5.91 Å². The predicted molar refractivity (Wildman–Crippen MR) is 52.0 cm³/mol. The molecule has 1 aromatic rings. The van der Waals surface area contributed by atoms with Gasteiger partial charge in [-0.25, -0.2) is 0 Å². The number of hydrogen-bond acceptors (Lipinski definition) is 1. The summed E-state index contributed by atoms with van der Waals surface area (Å²) in [4.78, 5) is 11.4. The molecule has 1 N–H and O–H groups in total. The predicted octanol–water partition coefficient (Wildman–Crippen LogP) is 1.59. The Balaban J connectivity index is 2.58. The lowest BCUT2D eigenvalue weighted by molar-refractivity contribution is 0.0946. The molecule has 1 aliphatic heterocycles. The van der Waals surface area contributed by atoms with Crippen molar-refractivity contribution in [2.45, 2.75) is 20.3 Å². The third-order valence-electron chi connectivity index (χ3n) is 2.64. The molecular weight excluding hydrogens is 162 g/mol. The van der Waals surface area contributed by atoms with Crippen LogP contribution in [0.3, 0.4) is 0 Å². The zero-order chi connectivity index (χ0) is 9.42.